The van der Waals surface area contributed by atoms with Crippen LogP contribution >= 0.6 is 0 Å². The van der Waals surface area contributed by atoms with Gasteiger partial charge >= 0.3 is 0 Å². The van der Waals surface area contributed by atoms with Crippen molar-refractivity contribution in [1.82, 2.24) is 25.1 Å². The molecule has 0 aliphatic heterocycles. The van der Waals surface area contributed by atoms with Crippen molar-refractivity contribution in [3.8, 4) is 11.3 Å². The fourth-order valence-electron chi connectivity index (χ4n) is 2.23. The van der Waals surface area contributed by atoms with E-state index in [1.54, 1.807) is 0 Å². The number of likely N-dealkylation sites (N-methyl/N-ethyl adjacent to an activating group) is 1. The number of rotatable bonds is 4. The van der Waals surface area contributed by atoms with Gasteiger partial charge in [0.25, 0.3) is 0 Å². The Morgan fingerprint density at radius 2 is 1.95 bits per heavy atom. The summed E-state index contributed by atoms with van der Waals surface area (Å²) in [4.78, 5) is 0. The van der Waals surface area contributed by atoms with E-state index in [4.69, 9.17) is 0 Å². The third kappa shape index (κ3) is 2.28. The van der Waals surface area contributed by atoms with Crippen LogP contribution in [0.25, 0.3) is 16.9 Å². The number of nitrogens with zero attached hydrogens (tertiary/aromatic N) is 4. The van der Waals surface area contributed by atoms with Crippen molar-refractivity contribution in [1.29, 1.82) is 0 Å². The van der Waals surface area contributed by atoms with Gasteiger partial charge in [0.05, 0.1) is 5.69 Å². The number of nitrogens with one attached hydrogen (secondary N) is 1. The highest BCUT2D eigenvalue weighted by molar-refractivity contribution is 5.63. The number of fused-ring (bicyclic) bond motifs is 1. The van der Waals surface area contributed by atoms with Crippen LogP contribution in [0.15, 0.2) is 36.4 Å². The Morgan fingerprint density at radius 3 is 2.75 bits per heavy atom. The molecule has 0 saturated heterocycles. The maximum Gasteiger partial charge on any atom is 0.177 e. The first-order valence-electron chi connectivity index (χ1n) is 6.71. The van der Waals surface area contributed by atoms with Crippen LogP contribution in [0.5, 0.6) is 0 Å². The lowest BCUT2D eigenvalue weighted by Crippen LogP contribution is -2.13. The van der Waals surface area contributed by atoms with E-state index in [1.807, 2.05) is 35.8 Å². The average molecular weight is 267 g/mol. The zero-order valence-corrected chi connectivity index (χ0v) is 11.7. The van der Waals surface area contributed by atoms with Crippen LogP contribution in [0, 0.1) is 6.92 Å². The first-order chi connectivity index (χ1) is 9.79. The summed E-state index contributed by atoms with van der Waals surface area (Å²) < 4.78 is 1.83. The van der Waals surface area contributed by atoms with E-state index in [9.17, 15) is 0 Å². The summed E-state index contributed by atoms with van der Waals surface area (Å²) in [5, 5.41) is 16.2. The number of aromatic nitrogens is 4. The average Bonchev–Trinajstić information content (AvgIpc) is 2.88. The molecule has 2 heterocycles. The molecule has 0 aliphatic rings. The van der Waals surface area contributed by atoms with E-state index < -0.39 is 0 Å². The largest absolute Gasteiger partial charge is 0.319 e. The Labute approximate surface area is 117 Å². The van der Waals surface area contributed by atoms with Crippen molar-refractivity contribution >= 4 is 5.65 Å². The quantitative estimate of drug-likeness (QED) is 0.784. The SMILES string of the molecule is CNCCc1nnc2ccc(-c3ccccc3C)nn12. The summed E-state index contributed by atoms with van der Waals surface area (Å²) >= 11 is 0. The standard InChI is InChI=1S/C15H17N5/c1-11-5-3-4-6-12(11)13-7-8-14-17-18-15(9-10-16-2)20(14)19-13/h3-8,16H,9-10H2,1-2H3. The second-order valence-corrected chi connectivity index (χ2v) is 4.77. The second-order valence-electron chi connectivity index (χ2n) is 4.77. The van der Waals surface area contributed by atoms with Crippen LogP contribution < -0.4 is 5.32 Å². The van der Waals surface area contributed by atoms with Gasteiger partial charge in [-0.25, -0.2) is 0 Å². The molecular weight excluding hydrogens is 250 g/mol. The van der Waals surface area contributed by atoms with E-state index in [2.05, 4.69) is 39.7 Å². The topological polar surface area (TPSA) is 55.1 Å². The van der Waals surface area contributed by atoms with E-state index in [-0.39, 0.29) is 0 Å². The van der Waals surface area contributed by atoms with Gasteiger partial charge in [-0.3, -0.25) is 0 Å². The Kier molecular flexibility index (Phi) is 3.43. The molecule has 3 rings (SSSR count). The highest BCUT2D eigenvalue weighted by Gasteiger charge is 2.09. The van der Waals surface area contributed by atoms with Crippen molar-refractivity contribution in [2.75, 3.05) is 13.6 Å². The predicted octanol–water partition coefficient (Wildman–Crippen LogP) is 1.86. The molecule has 5 nitrogen and oxygen atoms in total. The third-order valence-corrected chi connectivity index (χ3v) is 3.35. The first-order valence-corrected chi connectivity index (χ1v) is 6.71. The number of hydrogen-bond acceptors (Lipinski definition) is 4. The van der Waals surface area contributed by atoms with Crippen molar-refractivity contribution in [2.45, 2.75) is 13.3 Å². The molecule has 0 aliphatic carbocycles. The van der Waals surface area contributed by atoms with Crippen LogP contribution in [-0.4, -0.2) is 33.4 Å². The first kappa shape index (κ1) is 12.7. The molecule has 0 fully saturated rings. The van der Waals surface area contributed by atoms with Crippen molar-refractivity contribution in [3.05, 3.63) is 47.8 Å². The summed E-state index contributed by atoms with van der Waals surface area (Å²) in [6, 6.07) is 12.2. The minimum Gasteiger partial charge on any atom is -0.319 e. The lowest BCUT2D eigenvalue weighted by molar-refractivity contribution is 0.725. The molecule has 0 radical (unpaired) electrons. The maximum atomic E-state index is 4.68. The molecule has 0 saturated carbocycles. The fraction of sp³-hybridized carbons (Fsp3) is 0.267. The fourth-order valence-corrected chi connectivity index (χ4v) is 2.23. The van der Waals surface area contributed by atoms with E-state index in [0.29, 0.717) is 0 Å². The minimum atomic E-state index is 0.786. The van der Waals surface area contributed by atoms with Crippen molar-refractivity contribution in [2.24, 2.45) is 0 Å². The molecule has 0 bridgehead atoms. The molecule has 0 unspecified atom stereocenters. The van der Waals surface area contributed by atoms with Gasteiger partial charge < -0.3 is 5.32 Å². The zero-order chi connectivity index (χ0) is 13.9. The van der Waals surface area contributed by atoms with Crippen LogP contribution in [0.2, 0.25) is 0 Å². The van der Waals surface area contributed by atoms with Gasteiger partial charge in [-0.1, -0.05) is 24.3 Å². The van der Waals surface area contributed by atoms with Crippen LogP contribution in [0.3, 0.4) is 0 Å². The van der Waals surface area contributed by atoms with E-state index >= 15 is 0 Å². The van der Waals surface area contributed by atoms with Gasteiger partial charge in [-0.2, -0.15) is 9.61 Å². The smallest absolute Gasteiger partial charge is 0.177 e. The van der Waals surface area contributed by atoms with E-state index in [1.165, 1.54) is 5.56 Å². The molecule has 2 aromatic heterocycles. The third-order valence-electron chi connectivity index (χ3n) is 3.35. The van der Waals surface area contributed by atoms with Gasteiger partial charge in [0, 0.05) is 18.5 Å². The maximum absolute atomic E-state index is 4.68. The highest BCUT2D eigenvalue weighted by atomic mass is 15.4. The number of benzene rings is 1. The summed E-state index contributed by atoms with van der Waals surface area (Å²) in [6.45, 7) is 2.95. The highest BCUT2D eigenvalue weighted by Crippen LogP contribution is 2.21. The molecule has 0 atom stereocenters. The molecule has 3 aromatic rings. The van der Waals surface area contributed by atoms with Gasteiger partial charge in [0.1, 0.15) is 0 Å². The van der Waals surface area contributed by atoms with Crippen LogP contribution in [-0.2, 0) is 6.42 Å². The van der Waals surface area contributed by atoms with E-state index in [0.717, 1.165) is 35.7 Å². The minimum absolute atomic E-state index is 0.786. The summed E-state index contributed by atoms with van der Waals surface area (Å²) in [5.41, 5.74) is 4.08. The van der Waals surface area contributed by atoms with Crippen molar-refractivity contribution < 1.29 is 0 Å². The number of aryl methyl sites for hydroxylation is 1. The van der Waals surface area contributed by atoms with Gasteiger partial charge in [0.2, 0.25) is 0 Å². The van der Waals surface area contributed by atoms with Gasteiger partial charge in [-0.15, -0.1) is 10.2 Å². The lowest BCUT2D eigenvalue weighted by Gasteiger charge is -2.05. The second kappa shape index (κ2) is 5.38. The molecule has 1 aromatic carbocycles. The zero-order valence-electron chi connectivity index (χ0n) is 11.7. The Morgan fingerprint density at radius 1 is 1.10 bits per heavy atom. The van der Waals surface area contributed by atoms with Crippen LogP contribution in [0.4, 0.5) is 0 Å². The molecule has 5 heteroatoms. The number of hydrogen-bond donors (Lipinski definition) is 1. The monoisotopic (exact) mass is 267 g/mol. The normalized spacial score (nSPS) is 11.1. The lowest BCUT2D eigenvalue weighted by atomic mass is 10.1. The molecule has 20 heavy (non-hydrogen) atoms. The Hall–Kier alpha value is -2.27. The molecule has 0 amide bonds. The van der Waals surface area contributed by atoms with Crippen LogP contribution in [0.1, 0.15) is 11.4 Å². The molecule has 102 valence electrons. The molecule has 0 spiro atoms. The van der Waals surface area contributed by atoms with Gasteiger partial charge in [0.15, 0.2) is 11.5 Å². The molecular formula is C15H17N5. The summed E-state index contributed by atoms with van der Waals surface area (Å²) in [7, 11) is 1.93. The van der Waals surface area contributed by atoms with Gasteiger partial charge in [-0.05, 0) is 31.7 Å². The predicted molar refractivity (Wildman–Crippen MR) is 78.6 cm³/mol. The van der Waals surface area contributed by atoms with Crippen molar-refractivity contribution in [3.63, 3.8) is 0 Å². The summed E-state index contributed by atoms with van der Waals surface area (Å²) in [5.74, 6) is 0.879. The Bertz CT molecular complexity index is 732. The Balaban J connectivity index is 2.07. The summed E-state index contributed by atoms with van der Waals surface area (Å²) in [6.07, 6.45) is 0.807. The molecule has 1 N–H and O–H groups in total.